The minimum atomic E-state index is -0.367. The zero-order valence-electron chi connectivity index (χ0n) is 16.3. The number of carbonyl (C=O) groups excluding carboxylic acids is 2. The predicted octanol–water partition coefficient (Wildman–Crippen LogP) is 4.65. The van der Waals surface area contributed by atoms with Crippen molar-refractivity contribution in [3.63, 3.8) is 0 Å². The molecule has 0 saturated heterocycles. The lowest BCUT2D eigenvalue weighted by Crippen LogP contribution is -2.13. The van der Waals surface area contributed by atoms with Gasteiger partial charge in [-0.1, -0.05) is 42.0 Å². The number of hydrogen-bond donors (Lipinski definition) is 0. The van der Waals surface area contributed by atoms with Crippen molar-refractivity contribution >= 4 is 22.8 Å². The normalized spacial score (nSPS) is 10.8. The summed E-state index contributed by atoms with van der Waals surface area (Å²) in [4.78, 5) is 24.4. The average molecular weight is 379 g/mol. The van der Waals surface area contributed by atoms with Crippen molar-refractivity contribution in [1.82, 2.24) is 4.57 Å². The van der Waals surface area contributed by atoms with E-state index in [2.05, 4.69) is 0 Å². The van der Waals surface area contributed by atoms with Gasteiger partial charge < -0.3 is 14.0 Å². The SMILES string of the molecule is CCOC(=O)CCCn1c(C(=O)OCc2ccccc2)cc2cc(C)ccc21. The van der Waals surface area contributed by atoms with Crippen LogP contribution in [0, 0.1) is 6.92 Å². The number of aromatic nitrogens is 1. The van der Waals surface area contributed by atoms with E-state index >= 15 is 0 Å². The van der Waals surface area contributed by atoms with Crippen LogP contribution in [0.25, 0.3) is 10.9 Å². The topological polar surface area (TPSA) is 57.5 Å². The molecule has 0 aliphatic heterocycles. The van der Waals surface area contributed by atoms with E-state index in [0.717, 1.165) is 22.0 Å². The molecule has 146 valence electrons. The van der Waals surface area contributed by atoms with Gasteiger partial charge in [-0.15, -0.1) is 0 Å². The summed E-state index contributed by atoms with van der Waals surface area (Å²) in [6.45, 7) is 4.96. The standard InChI is InChI=1S/C23H25NO4/c1-3-27-22(25)10-7-13-24-20-12-11-17(2)14-19(20)15-21(24)23(26)28-16-18-8-5-4-6-9-18/h4-6,8-9,11-12,14-15H,3,7,10,13,16H2,1-2H3. The van der Waals surface area contributed by atoms with Crippen LogP contribution in [0.5, 0.6) is 0 Å². The van der Waals surface area contributed by atoms with Gasteiger partial charge in [0.1, 0.15) is 12.3 Å². The average Bonchev–Trinajstić information content (AvgIpc) is 3.05. The Balaban J connectivity index is 1.79. The van der Waals surface area contributed by atoms with E-state index in [0.29, 0.717) is 31.7 Å². The molecule has 3 rings (SSSR count). The first-order valence-electron chi connectivity index (χ1n) is 9.55. The van der Waals surface area contributed by atoms with E-state index in [-0.39, 0.29) is 18.5 Å². The van der Waals surface area contributed by atoms with Crippen LogP contribution in [0.15, 0.2) is 54.6 Å². The van der Waals surface area contributed by atoms with E-state index < -0.39 is 0 Å². The Morgan fingerprint density at radius 2 is 1.79 bits per heavy atom. The van der Waals surface area contributed by atoms with Crippen molar-refractivity contribution in [3.8, 4) is 0 Å². The summed E-state index contributed by atoms with van der Waals surface area (Å²) in [7, 11) is 0. The molecule has 5 heteroatoms. The monoisotopic (exact) mass is 379 g/mol. The van der Waals surface area contributed by atoms with Gasteiger partial charge in [-0.2, -0.15) is 0 Å². The molecule has 0 bridgehead atoms. The molecule has 0 fully saturated rings. The Hall–Kier alpha value is -3.08. The zero-order valence-corrected chi connectivity index (χ0v) is 16.3. The molecular formula is C23H25NO4. The molecule has 1 heterocycles. The van der Waals surface area contributed by atoms with Crippen LogP contribution >= 0.6 is 0 Å². The molecule has 5 nitrogen and oxygen atoms in total. The molecule has 0 N–H and O–H groups in total. The molecule has 0 amide bonds. The minimum Gasteiger partial charge on any atom is -0.466 e. The fourth-order valence-corrected chi connectivity index (χ4v) is 3.21. The third-order valence-electron chi connectivity index (χ3n) is 4.55. The van der Waals surface area contributed by atoms with E-state index in [9.17, 15) is 9.59 Å². The fraction of sp³-hybridized carbons (Fsp3) is 0.304. The number of carbonyl (C=O) groups is 2. The van der Waals surface area contributed by atoms with Gasteiger partial charge in [-0.3, -0.25) is 4.79 Å². The molecule has 0 aliphatic carbocycles. The Bertz CT molecular complexity index is 959. The third kappa shape index (κ3) is 4.80. The number of nitrogens with zero attached hydrogens (tertiary/aromatic N) is 1. The highest BCUT2D eigenvalue weighted by Crippen LogP contribution is 2.23. The van der Waals surface area contributed by atoms with Crippen LogP contribution in [0.3, 0.4) is 0 Å². The van der Waals surface area contributed by atoms with Crippen LogP contribution in [-0.4, -0.2) is 23.1 Å². The highest BCUT2D eigenvalue weighted by atomic mass is 16.5. The second-order valence-electron chi connectivity index (χ2n) is 6.71. The first-order valence-corrected chi connectivity index (χ1v) is 9.55. The van der Waals surface area contributed by atoms with E-state index in [1.54, 1.807) is 6.92 Å². The van der Waals surface area contributed by atoms with Crippen molar-refractivity contribution < 1.29 is 19.1 Å². The molecule has 0 saturated carbocycles. The smallest absolute Gasteiger partial charge is 0.355 e. The molecule has 2 aromatic carbocycles. The minimum absolute atomic E-state index is 0.219. The van der Waals surface area contributed by atoms with Gasteiger partial charge in [0.05, 0.1) is 6.61 Å². The number of hydrogen-bond acceptors (Lipinski definition) is 4. The summed E-state index contributed by atoms with van der Waals surface area (Å²) >= 11 is 0. The quantitative estimate of drug-likeness (QED) is 0.535. The van der Waals surface area contributed by atoms with Crippen LogP contribution < -0.4 is 0 Å². The Kier molecular flexibility index (Phi) is 6.48. The van der Waals surface area contributed by atoms with Crippen molar-refractivity contribution in [2.45, 2.75) is 39.8 Å². The van der Waals surface area contributed by atoms with Gasteiger partial charge >= 0.3 is 11.9 Å². The predicted molar refractivity (Wildman–Crippen MR) is 108 cm³/mol. The first-order chi connectivity index (χ1) is 13.6. The van der Waals surface area contributed by atoms with Crippen molar-refractivity contribution in [2.75, 3.05) is 6.61 Å². The van der Waals surface area contributed by atoms with Crippen molar-refractivity contribution in [2.24, 2.45) is 0 Å². The summed E-state index contributed by atoms with van der Waals surface area (Å²) in [5.41, 5.74) is 3.53. The maximum atomic E-state index is 12.8. The molecule has 28 heavy (non-hydrogen) atoms. The van der Waals surface area contributed by atoms with Crippen LogP contribution in [0.2, 0.25) is 0 Å². The summed E-state index contributed by atoms with van der Waals surface area (Å²) < 4.78 is 12.5. The number of fused-ring (bicyclic) bond motifs is 1. The van der Waals surface area contributed by atoms with Crippen LogP contribution in [0.4, 0.5) is 0 Å². The molecule has 0 unspecified atom stereocenters. The number of esters is 2. The van der Waals surface area contributed by atoms with Crippen molar-refractivity contribution in [1.29, 1.82) is 0 Å². The van der Waals surface area contributed by atoms with Gasteiger partial charge in [0, 0.05) is 23.9 Å². The van der Waals surface area contributed by atoms with Crippen LogP contribution in [0.1, 0.15) is 41.4 Å². The summed E-state index contributed by atoms with van der Waals surface area (Å²) in [5.74, 6) is -0.586. The lowest BCUT2D eigenvalue weighted by molar-refractivity contribution is -0.143. The lowest BCUT2D eigenvalue weighted by atomic mass is 10.2. The summed E-state index contributed by atoms with van der Waals surface area (Å²) in [5, 5.41) is 0.989. The molecule has 0 spiro atoms. The van der Waals surface area contributed by atoms with Gasteiger partial charge in [0.25, 0.3) is 0 Å². The Morgan fingerprint density at radius 1 is 1.00 bits per heavy atom. The zero-order chi connectivity index (χ0) is 19.9. The molecule has 1 aromatic heterocycles. The highest BCUT2D eigenvalue weighted by Gasteiger charge is 2.17. The number of rotatable bonds is 8. The van der Waals surface area contributed by atoms with Gasteiger partial charge in [-0.25, -0.2) is 4.79 Å². The molecule has 0 radical (unpaired) electrons. The largest absolute Gasteiger partial charge is 0.466 e. The molecular weight excluding hydrogens is 354 g/mol. The second kappa shape index (κ2) is 9.22. The maximum absolute atomic E-state index is 12.8. The Labute approximate surface area is 164 Å². The molecule has 0 atom stereocenters. The van der Waals surface area contributed by atoms with Crippen LogP contribution in [-0.2, 0) is 27.4 Å². The number of benzene rings is 2. The molecule has 0 aliphatic rings. The number of ether oxygens (including phenoxy) is 2. The van der Waals surface area contributed by atoms with E-state index in [1.807, 2.05) is 66.1 Å². The van der Waals surface area contributed by atoms with Crippen molar-refractivity contribution in [3.05, 3.63) is 71.4 Å². The summed E-state index contributed by atoms with van der Waals surface area (Å²) in [6, 6.07) is 17.5. The highest BCUT2D eigenvalue weighted by molar-refractivity contribution is 5.95. The third-order valence-corrected chi connectivity index (χ3v) is 4.55. The van der Waals surface area contributed by atoms with Gasteiger partial charge in [-0.05, 0) is 44.0 Å². The van der Waals surface area contributed by atoms with E-state index in [4.69, 9.17) is 9.47 Å². The fourth-order valence-electron chi connectivity index (χ4n) is 3.21. The molecule has 3 aromatic rings. The van der Waals surface area contributed by atoms with Gasteiger partial charge in [0.15, 0.2) is 0 Å². The second-order valence-corrected chi connectivity index (χ2v) is 6.71. The summed E-state index contributed by atoms with van der Waals surface area (Å²) in [6.07, 6.45) is 0.910. The number of aryl methyl sites for hydroxylation is 2. The first kappa shape index (κ1) is 19.7. The Morgan fingerprint density at radius 3 is 2.54 bits per heavy atom. The van der Waals surface area contributed by atoms with Gasteiger partial charge in [0.2, 0.25) is 0 Å². The lowest BCUT2D eigenvalue weighted by Gasteiger charge is -2.11. The maximum Gasteiger partial charge on any atom is 0.355 e. The van der Waals surface area contributed by atoms with E-state index in [1.165, 1.54) is 0 Å².